The summed E-state index contributed by atoms with van der Waals surface area (Å²) in [4.78, 5) is 14.2. The first kappa shape index (κ1) is 19.1. The molecule has 0 unspecified atom stereocenters. The molecule has 2 aromatic rings. The van der Waals surface area contributed by atoms with E-state index in [9.17, 15) is 9.90 Å². The fourth-order valence-corrected chi connectivity index (χ4v) is 4.75. The summed E-state index contributed by atoms with van der Waals surface area (Å²) >= 11 is 0. The Labute approximate surface area is 166 Å². The summed E-state index contributed by atoms with van der Waals surface area (Å²) in [5.74, 6) is 0.421. The van der Waals surface area contributed by atoms with Gasteiger partial charge in [0.05, 0.1) is 12.6 Å². The van der Waals surface area contributed by atoms with E-state index in [2.05, 4.69) is 46.6 Å². The predicted molar refractivity (Wildman–Crippen MR) is 111 cm³/mol. The number of aliphatic hydroxyl groups excluding tert-OH is 1. The van der Waals surface area contributed by atoms with Gasteiger partial charge in [-0.05, 0) is 61.0 Å². The number of hydrogen-bond donors (Lipinski definition) is 3. The first-order chi connectivity index (χ1) is 13.7. The Morgan fingerprint density at radius 1 is 1.07 bits per heavy atom. The van der Waals surface area contributed by atoms with Crippen LogP contribution in [0.5, 0.6) is 0 Å². The SMILES string of the molecule is NCC(=O)Nc1cccc2c1C[C@@H](N1CCC(c3ccccc3)CC1)[C@H](O)C2. The predicted octanol–water partition coefficient (Wildman–Crippen LogP) is 2.29. The van der Waals surface area contributed by atoms with Crippen molar-refractivity contribution in [3.05, 3.63) is 65.2 Å². The molecule has 0 saturated carbocycles. The maximum atomic E-state index is 11.8. The Kier molecular flexibility index (Phi) is 5.76. The van der Waals surface area contributed by atoms with Crippen molar-refractivity contribution in [1.29, 1.82) is 0 Å². The second kappa shape index (κ2) is 8.43. The van der Waals surface area contributed by atoms with Gasteiger partial charge in [0.2, 0.25) is 5.91 Å². The minimum Gasteiger partial charge on any atom is -0.391 e. The molecule has 4 rings (SSSR count). The summed E-state index contributed by atoms with van der Waals surface area (Å²) in [5.41, 5.74) is 9.99. The number of piperidine rings is 1. The molecule has 1 fully saturated rings. The number of likely N-dealkylation sites (tertiary alicyclic amines) is 1. The molecule has 1 heterocycles. The van der Waals surface area contributed by atoms with E-state index in [4.69, 9.17) is 5.73 Å². The van der Waals surface area contributed by atoms with Gasteiger partial charge in [0.25, 0.3) is 0 Å². The van der Waals surface area contributed by atoms with Crippen LogP contribution in [-0.4, -0.2) is 47.7 Å². The molecule has 2 aliphatic rings. The smallest absolute Gasteiger partial charge is 0.238 e. The Bertz CT molecular complexity index is 816. The highest BCUT2D eigenvalue weighted by molar-refractivity contribution is 5.93. The number of nitrogens with one attached hydrogen (secondary N) is 1. The maximum Gasteiger partial charge on any atom is 0.238 e. The number of benzene rings is 2. The highest BCUT2D eigenvalue weighted by Gasteiger charge is 2.34. The Balaban J connectivity index is 1.47. The Hall–Kier alpha value is -2.21. The number of aliphatic hydroxyl groups is 1. The highest BCUT2D eigenvalue weighted by atomic mass is 16.3. The van der Waals surface area contributed by atoms with Crippen LogP contribution in [0.15, 0.2) is 48.5 Å². The monoisotopic (exact) mass is 379 g/mol. The first-order valence-corrected chi connectivity index (χ1v) is 10.2. The van der Waals surface area contributed by atoms with Crippen molar-refractivity contribution >= 4 is 11.6 Å². The molecule has 5 heteroatoms. The van der Waals surface area contributed by atoms with Gasteiger partial charge in [-0.25, -0.2) is 0 Å². The van der Waals surface area contributed by atoms with Gasteiger partial charge < -0.3 is 16.2 Å². The van der Waals surface area contributed by atoms with Crippen molar-refractivity contribution in [3.8, 4) is 0 Å². The largest absolute Gasteiger partial charge is 0.391 e. The molecule has 1 saturated heterocycles. The number of carbonyl (C=O) groups excluding carboxylic acids is 1. The molecule has 0 spiro atoms. The van der Waals surface area contributed by atoms with Crippen molar-refractivity contribution in [3.63, 3.8) is 0 Å². The molecule has 0 bridgehead atoms. The van der Waals surface area contributed by atoms with Gasteiger partial charge in [0.1, 0.15) is 0 Å². The summed E-state index contributed by atoms with van der Waals surface area (Å²) in [6.07, 6.45) is 3.25. The lowest BCUT2D eigenvalue weighted by atomic mass is 9.82. The first-order valence-electron chi connectivity index (χ1n) is 10.2. The van der Waals surface area contributed by atoms with Crippen LogP contribution in [0.2, 0.25) is 0 Å². The molecule has 4 N–H and O–H groups in total. The molecular formula is C23H29N3O2. The van der Waals surface area contributed by atoms with Gasteiger partial charge in [0, 0.05) is 18.2 Å². The van der Waals surface area contributed by atoms with Crippen LogP contribution in [0.1, 0.15) is 35.4 Å². The molecule has 148 valence electrons. The average Bonchev–Trinajstić information content (AvgIpc) is 2.74. The zero-order valence-corrected chi connectivity index (χ0v) is 16.2. The molecule has 0 radical (unpaired) electrons. The lowest BCUT2D eigenvalue weighted by molar-refractivity contribution is -0.114. The minimum absolute atomic E-state index is 0.0251. The molecule has 0 aromatic heterocycles. The van der Waals surface area contributed by atoms with E-state index in [-0.39, 0.29) is 24.6 Å². The zero-order chi connectivity index (χ0) is 19.5. The van der Waals surface area contributed by atoms with Gasteiger partial charge in [-0.2, -0.15) is 0 Å². The fraction of sp³-hybridized carbons (Fsp3) is 0.435. The molecule has 1 amide bonds. The third kappa shape index (κ3) is 3.97. The number of rotatable bonds is 4. The standard InChI is InChI=1S/C23H29N3O2/c24-15-23(28)25-20-8-4-7-18-13-22(27)21(14-19(18)20)26-11-9-17(10-12-26)16-5-2-1-3-6-16/h1-8,17,21-22,27H,9-15,24H2,(H,25,28)/t21-,22-/m1/s1. The van der Waals surface area contributed by atoms with E-state index in [0.29, 0.717) is 12.3 Å². The maximum absolute atomic E-state index is 11.8. The summed E-state index contributed by atoms with van der Waals surface area (Å²) < 4.78 is 0. The number of anilines is 1. The van der Waals surface area contributed by atoms with E-state index in [0.717, 1.165) is 49.2 Å². The number of hydrogen-bond acceptors (Lipinski definition) is 4. The zero-order valence-electron chi connectivity index (χ0n) is 16.2. The van der Waals surface area contributed by atoms with E-state index in [1.807, 2.05) is 12.1 Å². The van der Waals surface area contributed by atoms with Crippen LogP contribution < -0.4 is 11.1 Å². The molecule has 1 aliphatic carbocycles. The third-order valence-electron chi connectivity index (χ3n) is 6.29. The molecule has 2 aromatic carbocycles. The fourth-order valence-electron chi connectivity index (χ4n) is 4.75. The van der Waals surface area contributed by atoms with E-state index in [1.54, 1.807) is 0 Å². The topological polar surface area (TPSA) is 78.6 Å². The summed E-state index contributed by atoms with van der Waals surface area (Å²) in [6, 6.07) is 16.7. The van der Waals surface area contributed by atoms with Crippen molar-refractivity contribution in [2.45, 2.75) is 43.7 Å². The van der Waals surface area contributed by atoms with E-state index >= 15 is 0 Å². The van der Waals surface area contributed by atoms with Crippen LogP contribution in [0, 0.1) is 0 Å². The number of fused-ring (bicyclic) bond motifs is 1. The summed E-state index contributed by atoms with van der Waals surface area (Å²) in [5, 5.41) is 13.7. The van der Waals surface area contributed by atoms with Crippen LogP contribution in [0.3, 0.4) is 0 Å². The van der Waals surface area contributed by atoms with Gasteiger partial charge >= 0.3 is 0 Å². The normalized spacial score (nSPS) is 23.2. The molecule has 28 heavy (non-hydrogen) atoms. The second-order valence-electron chi connectivity index (χ2n) is 7.96. The van der Waals surface area contributed by atoms with Crippen molar-refractivity contribution in [2.75, 3.05) is 25.0 Å². The number of amides is 1. The average molecular weight is 380 g/mol. The van der Waals surface area contributed by atoms with Crippen molar-refractivity contribution < 1.29 is 9.90 Å². The molecular weight excluding hydrogens is 350 g/mol. The van der Waals surface area contributed by atoms with Crippen LogP contribution in [0.25, 0.3) is 0 Å². The minimum atomic E-state index is -0.374. The summed E-state index contributed by atoms with van der Waals surface area (Å²) in [6.45, 7) is 1.96. The number of nitrogens with two attached hydrogens (primary N) is 1. The lowest BCUT2D eigenvalue weighted by Gasteiger charge is -2.42. The molecule has 1 aliphatic heterocycles. The van der Waals surface area contributed by atoms with Crippen LogP contribution >= 0.6 is 0 Å². The summed E-state index contributed by atoms with van der Waals surface area (Å²) in [7, 11) is 0. The second-order valence-corrected chi connectivity index (χ2v) is 7.96. The number of nitrogens with zero attached hydrogens (tertiary/aromatic N) is 1. The lowest BCUT2D eigenvalue weighted by Crippen LogP contribution is -2.51. The van der Waals surface area contributed by atoms with Crippen molar-refractivity contribution in [2.24, 2.45) is 5.73 Å². The van der Waals surface area contributed by atoms with Gasteiger partial charge in [-0.1, -0.05) is 42.5 Å². The molecule has 5 nitrogen and oxygen atoms in total. The molecule has 2 atom stereocenters. The van der Waals surface area contributed by atoms with E-state index in [1.165, 1.54) is 5.56 Å². The number of carbonyl (C=O) groups is 1. The van der Waals surface area contributed by atoms with Crippen LogP contribution in [-0.2, 0) is 17.6 Å². The van der Waals surface area contributed by atoms with Gasteiger partial charge in [0.15, 0.2) is 0 Å². The van der Waals surface area contributed by atoms with Gasteiger partial charge in [-0.3, -0.25) is 9.69 Å². The third-order valence-corrected chi connectivity index (χ3v) is 6.29. The Morgan fingerprint density at radius 3 is 2.54 bits per heavy atom. The van der Waals surface area contributed by atoms with Crippen LogP contribution in [0.4, 0.5) is 5.69 Å². The quantitative estimate of drug-likeness (QED) is 0.762. The van der Waals surface area contributed by atoms with E-state index < -0.39 is 0 Å². The van der Waals surface area contributed by atoms with Gasteiger partial charge in [-0.15, -0.1) is 0 Å². The Morgan fingerprint density at radius 2 is 1.82 bits per heavy atom. The highest BCUT2D eigenvalue weighted by Crippen LogP contribution is 2.34. The van der Waals surface area contributed by atoms with Crippen molar-refractivity contribution in [1.82, 2.24) is 4.90 Å².